The maximum atomic E-state index is 12.6. The number of piperidine rings is 1. The number of likely N-dealkylation sites (tertiary alicyclic amines) is 2. The van der Waals surface area contributed by atoms with Crippen LogP contribution in [0.1, 0.15) is 45.4 Å². The highest BCUT2D eigenvalue weighted by Crippen LogP contribution is 2.25. The van der Waals surface area contributed by atoms with E-state index in [0.717, 1.165) is 25.7 Å². The van der Waals surface area contributed by atoms with Crippen LogP contribution in [-0.2, 0) is 14.4 Å². The second kappa shape index (κ2) is 6.91. The second-order valence-corrected chi connectivity index (χ2v) is 5.96. The van der Waals surface area contributed by atoms with Crippen molar-refractivity contribution in [3.05, 3.63) is 0 Å². The third-order valence-corrected chi connectivity index (χ3v) is 4.41. The Labute approximate surface area is 125 Å². The molecule has 0 aromatic rings. The number of nitrogens with zero attached hydrogens (tertiary/aromatic N) is 2. The van der Waals surface area contributed by atoms with Gasteiger partial charge >= 0.3 is 5.97 Å². The Morgan fingerprint density at radius 3 is 2.52 bits per heavy atom. The summed E-state index contributed by atoms with van der Waals surface area (Å²) in [6, 6.07) is -0.681. The summed E-state index contributed by atoms with van der Waals surface area (Å²) >= 11 is 0. The first-order valence-corrected chi connectivity index (χ1v) is 7.85. The van der Waals surface area contributed by atoms with Crippen molar-refractivity contribution in [1.82, 2.24) is 9.80 Å². The Balaban J connectivity index is 1.98. The fourth-order valence-electron chi connectivity index (χ4n) is 3.30. The van der Waals surface area contributed by atoms with Crippen LogP contribution in [0.25, 0.3) is 0 Å². The summed E-state index contributed by atoms with van der Waals surface area (Å²) in [6.07, 6.45) is 4.17. The zero-order valence-corrected chi connectivity index (χ0v) is 12.6. The quantitative estimate of drug-likeness (QED) is 0.842. The summed E-state index contributed by atoms with van der Waals surface area (Å²) in [7, 11) is 0. The Morgan fingerprint density at radius 2 is 1.86 bits per heavy atom. The first-order chi connectivity index (χ1) is 10.0. The van der Waals surface area contributed by atoms with Gasteiger partial charge in [-0.05, 0) is 32.1 Å². The zero-order valence-electron chi connectivity index (χ0n) is 12.6. The van der Waals surface area contributed by atoms with Crippen molar-refractivity contribution >= 4 is 17.8 Å². The van der Waals surface area contributed by atoms with E-state index in [1.165, 1.54) is 4.90 Å². The maximum absolute atomic E-state index is 12.6. The van der Waals surface area contributed by atoms with Crippen molar-refractivity contribution in [1.29, 1.82) is 0 Å². The van der Waals surface area contributed by atoms with Crippen LogP contribution in [0.4, 0.5) is 0 Å². The maximum Gasteiger partial charge on any atom is 0.326 e. The molecule has 1 N–H and O–H groups in total. The van der Waals surface area contributed by atoms with Crippen LogP contribution in [0.3, 0.4) is 0 Å². The average Bonchev–Trinajstić information content (AvgIpc) is 2.96. The van der Waals surface area contributed by atoms with E-state index in [1.54, 1.807) is 4.90 Å². The summed E-state index contributed by atoms with van der Waals surface area (Å²) in [4.78, 5) is 39.0. The third-order valence-electron chi connectivity index (χ3n) is 4.41. The Bertz CT molecular complexity index is 424. The van der Waals surface area contributed by atoms with Gasteiger partial charge < -0.3 is 14.9 Å². The topological polar surface area (TPSA) is 77.9 Å². The summed E-state index contributed by atoms with van der Waals surface area (Å²) in [5, 5.41) is 9.18. The van der Waals surface area contributed by atoms with Crippen molar-refractivity contribution in [2.75, 3.05) is 19.6 Å². The van der Waals surface area contributed by atoms with E-state index in [0.29, 0.717) is 32.5 Å². The standard InChI is InChI=1S/C15H24N2O4/c1-2-5-13(18)16-8-3-6-11(10-16)14(19)17-9-4-7-12(17)15(20)21/h11-12H,2-10H2,1H3,(H,20,21). The van der Waals surface area contributed by atoms with Crippen molar-refractivity contribution in [2.45, 2.75) is 51.5 Å². The van der Waals surface area contributed by atoms with Gasteiger partial charge in [0.1, 0.15) is 6.04 Å². The monoisotopic (exact) mass is 296 g/mol. The van der Waals surface area contributed by atoms with E-state index in [2.05, 4.69) is 0 Å². The van der Waals surface area contributed by atoms with E-state index >= 15 is 0 Å². The molecule has 0 radical (unpaired) electrons. The fraction of sp³-hybridized carbons (Fsp3) is 0.800. The van der Waals surface area contributed by atoms with Gasteiger partial charge in [-0.2, -0.15) is 0 Å². The number of rotatable bonds is 4. The zero-order chi connectivity index (χ0) is 15.4. The predicted molar refractivity (Wildman–Crippen MR) is 76.6 cm³/mol. The minimum Gasteiger partial charge on any atom is -0.480 e. The lowest BCUT2D eigenvalue weighted by Gasteiger charge is -2.35. The highest BCUT2D eigenvalue weighted by molar-refractivity contribution is 5.86. The third kappa shape index (κ3) is 3.54. The molecule has 0 aromatic carbocycles. The molecular formula is C15H24N2O4. The van der Waals surface area contributed by atoms with Gasteiger partial charge in [-0.3, -0.25) is 9.59 Å². The van der Waals surface area contributed by atoms with Gasteiger partial charge in [-0.25, -0.2) is 4.79 Å². The Kier molecular flexibility index (Phi) is 5.20. The number of hydrogen-bond acceptors (Lipinski definition) is 3. The first-order valence-electron chi connectivity index (χ1n) is 7.85. The molecule has 118 valence electrons. The molecule has 6 nitrogen and oxygen atoms in total. The number of carboxylic acid groups (broad SMARTS) is 1. The molecule has 6 heteroatoms. The van der Waals surface area contributed by atoms with Gasteiger partial charge in [-0.15, -0.1) is 0 Å². The van der Waals surface area contributed by atoms with Crippen molar-refractivity contribution in [3.8, 4) is 0 Å². The molecule has 2 atom stereocenters. The van der Waals surface area contributed by atoms with E-state index in [4.69, 9.17) is 0 Å². The predicted octanol–water partition coefficient (Wildman–Crippen LogP) is 1.10. The van der Waals surface area contributed by atoms with Crippen LogP contribution in [0.5, 0.6) is 0 Å². The summed E-state index contributed by atoms with van der Waals surface area (Å²) in [5.41, 5.74) is 0. The van der Waals surface area contributed by atoms with Crippen LogP contribution in [-0.4, -0.2) is 58.4 Å². The summed E-state index contributed by atoms with van der Waals surface area (Å²) in [6.45, 7) is 3.65. The number of amides is 2. The van der Waals surface area contributed by atoms with Crippen molar-refractivity contribution in [3.63, 3.8) is 0 Å². The second-order valence-electron chi connectivity index (χ2n) is 5.96. The lowest BCUT2D eigenvalue weighted by molar-refractivity contribution is -0.151. The highest BCUT2D eigenvalue weighted by atomic mass is 16.4. The molecule has 0 aromatic heterocycles. The van der Waals surface area contributed by atoms with Crippen LogP contribution < -0.4 is 0 Å². The van der Waals surface area contributed by atoms with Gasteiger partial charge in [0.15, 0.2) is 0 Å². The molecular weight excluding hydrogens is 272 g/mol. The minimum absolute atomic E-state index is 0.0890. The highest BCUT2D eigenvalue weighted by Gasteiger charge is 2.38. The molecule has 2 aliphatic heterocycles. The Hall–Kier alpha value is -1.59. The van der Waals surface area contributed by atoms with E-state index in [-0.39, 0.29) is 17.7 Å². The molecule has 0 aliphatic carbocycles. The lowest BCUT2D eigenvalue weighted by atomic mass is 9.95. The average molecular weight is 296 g/mol. The molecule has 0 spiro atoms. The molecule has 2 saturated heterocycles. The fourth-order valence-corrected chi connectivity index (χ4v) is 3.30. The number of carbonyl (C=O) groups is 3. The van der Waals surface area contributed by atoms with Gasteiger partial charge in [0, 0.05) is 26.1 Å². The molecule has 2 aliphatic rings. The van der Waals surface area contributed by atoms with Crippen LogP contribution in [0.2, 0.25) is 0 Å². The van der Waals surface area contributed by atoms with Gasteiger partial charge in [0.05, 0.1) is 5.92 Å². The molecule has 0 saturated carbocycles. The van der Waals surface area contributed by atoms with Gasteiger partial charge in [-0.1, -0.05) is 6.92 Å². The minimum atomic E-state index is -0.921. The van der Waals surface area contributed by atoms with Crippen LogP contribution >= 0.6 is 0 Å². The summed E-state index contributed by atoms with van der Waals surface area (Å²) in [5.74, 6) is -1.14. The van der Waals surface area contributed by atoms with E-state index in [1.807, 2.05) is 6.92 Å². The summed E-state index contributed by atoms with van der Waals surface area (Å²) < 4.78 is 0. The Morgan fingerprint density at radius 1 is 1.14 bits per heavy atom. The first kappa shape index (κ1) is 15.8. The van der Waals surface area contributed by atoms with Crippen molar-refractivity contribution < 1.29 is 19.5 Å². The number of carboxylic acids is 1. The van der Waals surface area contributed by atoms with Crippen molar-refractivity contribution in [2.24, 2.45) is 5.92 Å². The molecule has 21 heavy (non-hydrogen) atoms. The van der Waals surface area contributed by atoms with Crippen LogP contribution in [0, 0.1) is 5.92 Å². The lowest BCUT2D eigenvalue weighted by Crippen LogP contribution is -2.49. The van der Waals surface area contributed by atoms with Gasteiger partial charge in [0.25, 0.3) is 0 Å². The molecule has 2 fully saturated rings. The number of aliphatic carboxylic acids is 1. The molecule has 2 heterocycles. The van der Waals surface area contributed by atoms with Gasteiger partial charge in [0.2, 0.25) is 11.8 Å². The number of hydrogen-bond donors (Lipinski definition) is 1. The van der Waals surface area contributed by atoms with E-state index in [9.17, 15) is 19.5 Å². The molecule has 0 bridgehead atoms. The van der Waals surface area contributed by atoms with E-state index < -0.39 is 12.0 Å². The molecule has 2 rings (SSSR count). The smallest absolute Gasteiger partial charge is 0.326 e. The normalized spacial score (nSPS) is 26.0. The largest absolute Gasteiger partial charge is 0.480 e. The van der Waals surface area contributed by atoms with Crippen LogP contribution in [0.15, 0.2) is 0 Å². The molecule has 2 unspecified atom stereocenters. The number of carbonyl (C=O) groups excluding carboxylic acids is 2. The molecule has 2 amide bonds. The SMILES string of the molecule is CCCC(=O)N1CCCC(C(=O)N2CCCC2C(=O)O)C1.